The third-order valence-corrected chi connectivity index (χ3v) is 2.34. The van der Waals surface area contributed by atoms with Crippen LogP contribution >= 0.6 is 0 Å². The molecule has 0 saturated heterocycles. The molecule has 3 N–H and O–H groups in total. The molecule has 0 aliphatic rings. The number of carbonyl (C=O) groups is 1. The van der Waals surface area contributed by atoms with Crippen molar-refractivity contribution in [3.8, 4) is 0 Å². The summed E-state index contributed by atoms with van der Waals surface area (Å²) >= 11 is 0. The molecule has 0 aliphatic heterocycles. The standard InChI is InChI=1S/C12H14N4O2/c1-8-6-9(4-2-3-5-15-16-14)11(13)10(7-8)12(17)18/h2,4,6-7H,3,5,13H2,1H3,(H,17,18). The van der Waals surface area contributed by atoms with Crippen molar-refractivity contribution >= 4 is 17.7 Å². The van der Waals surface area contributed by atoms with Crippen LogP contribution in [0.3, 0.4) is 0 Å². The van der Waals surface area contributed by atoms with Crippen molar-refractivity contribution in [2.24, 2.45) is 5.11 Å². The van der Waals surface area contributed by atoms with E-state index in [1.807, 2.05) is 13.0 Å². The van der Waals surface area contributed by atoms with E-state index in [1.54, 1.807) is 12.2 Å². The van der Waals surface area contributed by atoms with Crippen molar-refractivity contribution in [1.82, 2.24) is 0 Å². The van der Waals surface area contributed by atoms with Crippen LogP contribution in [-0.4, -0.2) is 17.6 Å². The first kappa shape index (κ1) is 13.6. The number of carboxylic acids is 1. The molecule has 0 bridgehead atoms. The number of benzene rings is 1. The Bertz CT molecular complexity index is 531. The lowest BCUT2D eigenvalue weighted by Crippen LogP contribution is -2.04. The van der Waals surface area contributed by atoms with Crippen LogP contribution in [-0.2, 0) is 0 Å². The van der Waals surface area contributed by atoms with Gasteiger partial charge in [0.25, 0.3) is 0 Å². The van der Waals surface area contributed by atoms with Crippen molar-refractivity contribution in [2.45, 2.75) is 13.3 Å². The largest absolute Gasteiger partial charge is 0.478 e. The van der Waals surface area contributed by atoms with Crippen molar-refractivity contribution in [3.05, 3.63) is 45.3 Å². The van der Waals surface area contributed by atoms with Gasteiger partial charge in [-0.05, 0) is 42.1 Å². The van der Waals surface area contributed by atoms with Crippen molar-refractivity contribution < 1.29 is 9.90 Å². The Balaban J connectivity index is 2.95. The van der Waals surface area contributed by atoms with E-state index in [1.165, 1.54) is 6.07 Å². The first-order valence-corrected chi connectivity index (χ1v) is 5.37. The zero-order chi connectivity index (χ0) is 13.5. The number of hydrogen-bond acceptors (Lipinski definition) is 3. The maximum absolute atomic E-state index is 11.0. The molecule has 6 nitrogen and oxygen atoms in total. The van der Waals surface area contributed by atoms with Crippen molar-refractivity contribution in [1.29, 1.82) is 0 Å². The molecular weight excluding hydrogens is 232 g/mol. The Hall–Kier alpha value is -2.46. The van der Waals surface area contributed by atoms with Gasteiger partial charge in [-0.3, -0.25) is 0 Å². The van der Waals surface area contributed by atoms with Gasteiger partial charge in [-0.2, -0.15) is 0 Å². The van der Waals surface area contributed by atoms with E-state index in [4.69, 9.17) is 16.4 Å². The normalized spacial score (nSPS) is 10.3. The lowest BCUT2D eigenvalue weighted by Gasteiger charge is -2.06. The first-order valence-electron chi connectivity index (χ1n) is 5.37. The summed E-state index contributed by atoms with van der Waals surface area (Å²) in [7, 11) is 0. The fraction of sp³-hybridized carbons (Fsp3) is 0.250. The fourth-order valence-corrected chi connectivity index (χ4v) is 1.53. The second-order valence-corrected chi connectivity index (χ2v) is 3.77. The highest BCUT2D eigenvalue weighted by Crippen LogP contribution is 2.21. The number of nitrogens with zero attached hydrogens (tertiary/aromatic N) is 3. The maximum atomic E-state index is 11.0. The van der Waals surface area contributed by atoms with Gasteiger partial charge in [-0.1, -0.05) is 17.3 Å². The van der Waals surface area contributed by atoms with Gasteiger partial charge < -0.3 is 10.8 Å². The van der Waals surface area contributed by atoms with Gasteiger partial charge in [0.05, 0.1) is 11.3 Å². The Kier molecular flexibility index (Phi) is 4.78. The van der Waals surface area contributed by atoms with E-state index in [0.717, 1.165) is 5.56 Å². The molecule has 0 amide bonds. The molecule has 94 valence electrons. The van der Waals surface area contributed by atoms with Crippen molar-refractivity contribution in [2.75, 3.05) is 12.3 Å². The minimum absolute atomic E-state index is 0.102. The molecule has 0 saturated carbocycles. The van der Waals surface area contributed by atoms with Gasteiger partial charge in [0.2, 0.25) is 0 Å². The minimum Gasteiger partial charge on any atom is -0.478 e. The smallest absolute Gasteiger partial charge is 0.337 e. The van der Waals surface area contributed by atoms with Gasteiger partial charge in [0.1, 0.15) is 0 Å². The predicted octanol–water partition coefficient (Wildman–Crippen LogP) is 2.99. The number of hydrogen-bond donors (Lipinski definition) is 2. The third-order valence-electron chi connectivity index (χ3n) is 2.34. The third kappa shape index (κ3) is 3.54. The highest BCUT2D eigenvalue weighted by atomic mass is 16.4. The highest BCUT2D eigenvalue weighted by Gasteiger charge is 2.10. The van der Waals surface area contributed by atoms with Crippen LogP contribution in [0.5, 0.6) is 0 Å². The summed E-state index contributed by atoms with van der Waals surface area (Å²) in [6.07, 6.45) is 4.12. The zero-order valence-corrected chi connectivity index (χ0v) is 10.00. The number of anilines is 1. The van der Waals surface area contributed by atoms with E-state index in [0.29, 0.717) is 18.5 Å². The summed E-state index contributed by atoms with van der Waals surface area (Å²) < 4.78 is 0. The predicted molar refractivity (Wildman–Crippen MR) is 70.2 cm³/mol. The molecule has 0 aliphatic carbocycles. The van der Waals surface area contributed by atoms with E-state index < -0.39 is 5.97 Å². The van der Waals surface area contributed by atoms with Crippen LogP contribution < -0.4 is 5.73 Å². The molecular formula is C12H14N4O2. The van der Waals surface area contributed by atoms with Crippen LogP contribution in [0.25, 0.3) is 16.5 Å². The summed E-state index contributed by atoms with van der Waals surface area (Å²) in [5, 5.41) is 12.4. The molecule has 0 aromatic heterocycles. The summed E-state index contributed by atoms with van der Waals surface area (Å²) in [4.78, 5) is 13.6. The van der Waals surface area contributed by atoms with Crippen LogP contribution in [0, 0.1) is 6.92 Å². The van der Waals surface area contributed by atoms with Gasteiger partial charge in [-0.25, -0.2) is 4.79 Å². The van der Waals surface area contributed by atoms with Crippen LogP contribution in [0.4, 0.5) is 5.69 Å². The number of rotatable bonds is 5. The fourth-order valence-electron chi connectivity index (χ4n) is 1.53. The van der Waals surface area contributed by atoms with Crippen LogP contribution in [0.15, 0.2) is 23.3 Å². The molecule has 0 heterocycles. The van der Waals surface area contributed by atoms with E-state index in [9.17, 15) is 4.79 Å². The molecule has 1 aromatic carbocycles. The molecule has 6 heteroatoms. The molecule has 0 fully saturated rings. The summed E-state index contributed by atoms with van der Waals surface area (Å²) in [5.74, 6) is -1.04. The SMILES string of the molecule is Cc1cc(C=CCCN=[N+]=[N-])c(N)c(C(=O)O)c1. The summed E-state index contributed by atoms with van der Waals surface area (Å²) in [5.41, 5.74) is 15.7. The number of nitrogen functional groups attached to an aromatic ring is 1. The van der Waals surface area contributed by atoms with E-state index in [-0.39, 0.29) is 11.3 Å². The maximum Gasteiger partial charge on any atom is 0.337 e. The molecule has 0 unspecified atom stereocenters. The topological polar surface area (TPSA) is 112 Å². The lowest BCUT2D eigenvalue weighted by atomic mass is 10.0. The van der Waals surface area contributed by atoms with E-state index in [2.05, 4.69) is 10.0 Å². The zero-order valence-electron chi connectivity index (χ0n) is 10.00. The number of aryl methyl sites for hydroxylation is 1. The van der Waals surface area contributed by atoms with Gasteiger partial charge in [0.15, 0.2) is 0 Å². The second kappa shape index (κ2) is 6.32. The highest BCUT2D eigenvalue weighted by molar-refractivity contribution is 5.96. The van der Waals surface area contributed by atoms with E-state index >= 15 is 0 Å². The Morgan fingerprint density at radius 3 is 2.94 bits per heavy atom. The molecule has 1 aromatic rings. The van der Waals surface area contributed by atoms with Crippen LogP contribution in [0.1, 0.15) is 27.9 Å². The molecule has 0 spiro atoms. The van der Waals surface area contributed by atoms with Gasteiger partial charge in [0, 0.05) is 11.5 Å². The number of azide groups is 1. The Morgan fingerprint density at radius 2 is 2.33 bits per heavy atom. The molecule has 0 atom stereocenters. The lowest BCUT2D eigenvalue weighted by molar-refractivity contribution is 0.0698. The number of aromatic carboxylic acids is 1. The first-order chi connectivity index (χ1) is 8.56. The summed E-state index contributed by atoms with van der Waals surface area (Å²) in [6.45, 7) is 2.17. The monoisotopic (exact) mass is 246 g/mol. The van der Waals surface area contributed by atoms with Gasteiger partial charge >= 0.3 is 5.97 Å². The second-order valence-electron chi connectivity index (χ2n) is 3.77. The molecule has 0 radical (unpaired) electrons. The van der Waals surface area contributed by atoms with Gasteiger partial charge in [-0.15, -0.1) is 0 Å². The average Bonchev–Trinajstić information content (AvgIpc) is 2.32. The minimum atomic E-state index is -1.04. The van der Waals surface area contributed by atoms with Crippen LogP contribution in [0.2, 0.25) is 0 Å². The Labute approximate surface area is 104 Å². The molecule has 18 heavy (non-hydrogen) atoms. The Morgan fingerprint density at radius 1 is 1.61 bits per heavy atom. The van der Waals surface area contributed by atoms with Crippen molar-refractivity contribution in [3.63, 3.8) is 0 Å². The quantitative estimate of drug-likeness (QED) is 0.274. The molecule has 1 rings (SSSR count). The number of nitrogens with two attached hydrogens (primary N) is 1. The average molecular weight is 246 g/mol. The number of carboxylic acid groups (broad SMARTS) is 1. The summed E-state index contributed by atoms with van der Waals surface area (Å²) in [6, 6.07) is 3.35.